The Balaban J connectivity index is 1.88. The predicted molar refractivity (Wildman–Crippen MR) is 84.7 cm³/mol. The highest BCUT2D eigenvalue weighted by Gasteiger charge is 2.21. The summed E-state index contributed by atoms with van der Waals surface area (Å²) in [6.07, 6.45) is 0.859. The van der Waals surface area contributed by atoms with Crippen molar-refractivity contribution in [3.63, 3.8) is 0 Å². The number of nitro groups is 1. The molecule has 1 heterocycles. The molecule has 0 bridgehead atoms. The van der Waals surface area contributed by atoms with Crippen molar-refractivity contribution in [3.8, 4) is 0 Å². The number of nitrogens with one attached hydrogen (secondary N) is 1. The van der Waals surface area contributed by atoms with E-state index in [4.69, 9.17) is 0 Å². The van der Waals surface area contributed by atoms with Gasteiger partial charge in [0.05, 0.1) is 4.92 Å². The predicted octanol–water partition coefficient (Wildman–Crippen LogP) is 2.17. The molecular formula is C15H23FN4O2. The van der Waals surface area contributed by atoms with Gasteiger partial charge in [-0.2, -0.15) is 4.39 Å². The molecule has 1 aromatic rings. The first-order chi connectivity index (χ1) is 10.5. The molecule has 0 radical (unpaired) electrons. The molecule has 1 saturated heterocycles. The first-order valence-electron chi connectivity index (χ1n) is 7.57. The topological polar surface area (TPSA) is 61.6 Å². The molecule has 2 rings (SSSR count). The van der Waals surface area contributed by atoms with Crippen LogP contribution in [0.5, 0.6) is 0 Å². The van der Waals surface area contributed by atoms with Crippen molar-refractivity contribution in [1.29, 1.82) is 0 Å². The monoisotopic (exact) mass is 310 g/mol. The zero-order chi connectivity index (χ0) is 16.1. The Morgan fingerprint density at radius 2 is 2.05 bits per heavy atom. The van der Waals surface area contributed by atoms with Gasteiger partial charge >= 0.3 is 5.69 Å². The van der Waals surface area contributed by atoms with Crippen LogP contribution in [0.15, 0.2) is 18.2 Å². The second kappa shape index (κ2) is 7.51. The van der Waals surface area contributed by atoms with Crippen LogP contribution in [-0.2, 0) is 0 Å². The molecule has 1 aliphatic heterocycles. The highest BCUT2D eigenvalue weighted by Crippen LogP contribution is 2.28. The van der Waals surface area contributed by atoms with Gasteiger partial charge in [0.15, 0.2) is 0 Å². The second-order valence-corrected chi connectivity index (χ2v) is 5.87. The molecule has 7 heteroatoms. The van der Waals surface area contributed by atoms with Gasteiger partial charge in [0.25, 0.3) is 0 Å². The van der Waals surface area contributed by atoms with Crippen LogP contribution < -0.4 is 5.32 Å². The number of rotatable bonds is 6. The number of nitrogens with zero attached hydrogens (tertiary/aromatic N) is 3. The van der Waals surface area contributed by atoms with E-state index < -0.39 is 16.4 Å². The molecule has 0 amide bonds. The zero-order valence-electron chi connectivity index (χ0n) is 13.1. The Kier molecular flexibility index (Phi) is 5.68. The fourth-order valence-corrected chi connectivity index (χ4v) is 2.60. The number of piperazine rings is 1. The molecule has 122 valence electrons. The third-order valence-electron chi connectivity index (χ3n) is 4.05. The summed E-state index contributed by atoms with van der Waals surface area (Å²) in [5.41, 5.74) is -0.232. The van der Waals surface area contributed by atoms with E-state index in [1.165, 1.54) is 6.07 Å². The van der Waals surface area contributed by atoms with Crippen LogP contribution in [0, 0.1) is 15.9 Å². The smallest absolute Gasteiger partial charge is 0.327 e. The molecule has 1 aliphatic rings. The third-order valence-corrected chi connectivity index (χ3v) is 4.05. The van der Waals surface area contributed by atoms with E-state index in [0.29, 0.717) is 0 Å². The lowest BCUT2D eigenvalue weighted by atomic mass is 10.2. The number of hydrogen-bond donors (Lipinski definition) is 1. The van der Waals surface area contributed by atoms with E-state index >= 15 is 0 Å². The molecule has 0 aliphatic carbocycles. The quantitative estimate of drug-likeness (QED) is 0.644. The molecule has 6 nitrogen and oxygen atoms in total. The number of para-hydroxylation sites is 1. The normalized spacial score (nSPS) is 18.1. The van der Waals surface area contributed by atoms with Crippen molar-refractivity contribution in [1.82, 2.24) is 9.80 Å². The lowest BCUT2D eigenvalue weighted by Crippen LogP contribution is -2.45. The first-order valence-corrected chi connectivity index (χ1v) is 7.57. The van der Waals surface area contributed by atoms with Gasteiger partial charge in [-0.15, -0.1) is 0 Å². The Bertz CT molecular complexity index is 518. The average Bonchev–Trinajstić information content (AvgIpc) is 2.46. The maximum Gasteiger partial charge on any atom is 0.327 e. The number of benzene rings is 1. The van der Waals surface area contributed by atoms with Crippen molar-refractivity contribution in [3.05, 3.63) is 34.1 Å². The molecule has 1 aromatic carbocycles. The van der Waals surface area contributed by atoms with Gasteiger partial charge in [0.1, 0.15) is 5.69 Å². The molecule has 1 atom stereocenters. The van der Waals surface area contributed by atoms with Crippen LogP contribution in [0.2, 0.25) is 0 Å². The summed E-state index contributed by atoms with van der Waals surface area (Å²) in [6, 6.07) is 4.18. The first kappa shape index (κ1) is 16.6. The van der Waals surface area contributed by atoms with Crippen LogP contribution in [0.1, 0.15) is 13.3 Å². The molecule has 22 heavy (non-hydrogen) atoms. The van der Waals surface area contributed by atoms with Crippen molar-refractivity contribution < 1.29 is 9.31 Å². The number of likely N-dealkylation sites (N-methyl/N-ethyl adjacent to an activating group) is 1. The van der Waals surface area contributed by atoms with E-state index in [1.807, 2.05) is 6.92 Å². The molecule has 0 unspecified atom stereocenters. The van der Waals surface area contributed by atoms with Crippen LogP contribution in [0.4, 0.5) is 15.8 Å². The maximum atomic E-state index is 13.6. The van der Waals surface area contributed by atoms with Crippen LogP contribution >= 0.6 is 0 Å². The van der Waals surface area contributed by atoms with Crippen molar-refractivity contribution >= 4 is 11.4 Å². The summed E-state index contributed by atoms with van der Waals surface area (Å²) in [5.74, 6) is -0.804. The molecule has 0 aromatic heterocycles. The highest BCUT2D eigenvalue weighted by atomic mass is 19.1. The van der Waals surface area contributed by atoms with Crippen molar-refractivity contribution in [2.45, 2.75) is 19.4 Å². The van der Waals surface area contributed by atoms with Gasteiger partial charge in [-0.1, -0.05) is 6.07 Å². The Labute approximate surface area is 130 Å². The maximum absolute atomic E-state index is 13.6. The molecule has 0 saturated carbocycles. The lowest BCUT2D eigenvalue weighted by Gasteiger charge is -2.33. The molecule has 1 fully saturated rings. The number of halogens is 1. The Morgan fingerprint density at radius 1 is 1.36 bits per heavy atom. The third kappa shape index (κ3) is 4.38. The molecular weight excluding hydrogens is 287 g/mol. The van der Waals surface area contributed by atoms with E-state index in [2.05, 4.69) is 22.2 Å². The summed E-state index contributed by atoms with van der Waals surface area (Å²) in [4.78, 5) is 15.0. The van der Waals surface area contributed by atoms with Gasteiger partial charge in [0, 0.05) is 38.8 Å². The Morgan fingerprint density at radius 3 is 2.68 bits per heavy atom. The van der Waals surface area contributed by atoms with Gasteiger partial charge < -0.3 is 15.1 Å². The zero-order valence-corrected chi connectivity index (χ0v) is 13.1. The second-order valence-electron chi connectivity index (χ2n) is 5.87. The van der Waals surface area contributed by atoms with Crippen LogP contribution in [-0.4, -0.2) is 60.5 Å². The van der Waals surface area contributed by atoms with Gasteiger partial charge in [-0.3, -0.25) is 10.1 Å². The largest absolute Gasteiger partial charge is 0.377 e. The fourth-order valence-electron chi connectivity index (χ4n) is 2.60. The summed E-state index contributed by atoms with van der Waals surface area (Å²) in [5, 5.41) is 14.0. The van der Waals surface area contributed by atoms with Crippen LogP contribution in [0.3, 0.4) is 0 Å². The minimum absolute atomic E-state index is 0.0418. The Hall–Kier alpha value is -1.73. The van der Waals surface area contributed by atoms with Gasteiger partial charge in [-0.05, 0) is 32.5 Å². The number of anilines is 1. The van der Waals surface area contributed by atoms with Crippen molar-refractivity contribution in [2.24, 2.45) is 0 Å². The standard InChI is InChI=1S/C15H23FN4O2/c1-12(6-7-19-10-8-18(2)9-11-19)17-14-5-3-4-13(16)15(14)20(21)22/h3-5,12,17H,6-11H2,1-2H3/t12-/m0/s1. The van der Waals surface area contributed by atoms with Crippen LogP contribution in [0.25, 0.3) is 0 Å². The molecule has 0 spiro atoms. The lowest BCUT2D eigenvalue weighted by molar-refractivity contribution is -0.386. The highest BCUT2D eigenvalue weighted by molar-refractivity contribution is 5.62. The van der Waals surface area contributed by atoms with E-state index in [9.17, 15) is 14.5 Å². The molecule has 1 N–H and O–H groups in total. The summed E-state index contributed by atoms with van der Waals surface area (Å²) < 4.78 is 13.6. The SMILES string of the molecule is C[C@@H](CCN1CCN(C)CC1)Nc1cccc(F)c1[N+](=O)[O-]. The summed E-state index contributed by atoms with van der Waals surface area (Å²) in [6.45, 7) is 7.12. The fraction of sp³-hybridized carbons (Fsp3) is 0.600. The van der Waals surface area contributed by atoms with Gasteiger partial charge in [0.2, 0.25) is 5.82 Å². The van der Waals surface area contributed by atoms with E-state index in [1.54, 1.807) is 6.07 Å². The summed E-state index contributed by atoms with van der Waals surface area (Å²) in [7, 11) is 2.12. The van der Waals surface area contributed by atoms with E-state index in [-0.39, 0.29) is 11.7 Å². The van der Waals surface area contributed by atoms with Gasteiger partial charge in [-0.25, -0.2) is 0 Å². The summed E-state index contributed by atoms with van der Waals surface area (Å²) >= 11 is 0. The van der Waals surface area contributed by atoms with Crippen molar-refractivity contribution in [2.75, 3.05) is 45.1 Å². The van der Waals surface area contributed by atoms with E-state index in [0.717, 1.165) is 45.2 Å². The minimum Gasteiger partial charge on any atom is -0.377 e. The average molecular weight is 310 g/mol. The number of nitro benzene ring substituents is 1. The minimum atomic E-state index is -0.804. The number of hydrogen-bond acceptors (Lipinski definition) is 5.